The van der Waals surface area contributed by atoms with E-state index in [-0.39, 0.29) is 0 Å². The van der Waals surface area contributed by atoms with Crippen molar-refractivity contribution in [2.24, 2.45) is 4.99 Å². The van der Waals surface area contributed by atoms with Gasteiger partial charge in [0.2, 0.25) is 0 Å². The lowest BCUT2D eigenvalue weighted by atomic mass is 10.2. The van der Waals surface area contributed by atoms with Crippen LogP contribution < -0.4 is 5.32 Å². The molecule has 0 fully saturated rings. The number of rotatable bonds is 4. The van der Waals surface area contributed by atoms with Gasteiger partial charge in [-0.2, -0.15) is 0 Å². The molecule has 0 spiro atoms. The molecule has 0 amide bonds. The van der Waals surface area contributed by atoms with Crippen molar-refractivity contribution in [3.63, 3.8) is 0 Å². The molecule has 1 aliphatic rings. The Bertz CT molecular complexity index is 712. The lowest BCUT2D eigenvalue weighted by Gasteiger charge is -2.04. The van der Waals surface area contributed by atoms with Crippen LogP contribution in [0, 0.1) is 0 Å². The summed E-state index contributed by atoms with van der Waals surface area (Å²) in [4.78, 5) is 7.69. The molecule has 2 N–H and O–H groups in total. The smallest absolute Gasteiger partial charge is 0.148 e. The number of aromatic nitrogens is 1. The SMILES string of the molecule is COC1=CC(c2ccc[nH]2)=N/C1=C\Nc1ccc(Cl)cc1. The predicted octanol–water partition coefficient (Wildman–Crippen LogP) is 3.95. The molecule has 1 aliphatic heterocycles. The number of hydrogen-bond acceptors (Lipinski definition) is 3. The van der Waals surface area contributed by atoms with Gasteiger partial charge in [0, 0.05) is 29.2 Å². The summed E-state index contributed by atoms with van der Waals surface area (Å²) in [5.41, 5.74) is 3.49. The number of ether oxygens (including phenoxy) is 1. The van der Waals surface area contributed by atoms with Crippen molar-refractivity contribution < 1.29 is 4.74 Å². The number of H-pyrrole nitrogens is 1. The van der Waals surface area contributed by atoms with Crippen LogP contribution in [0.2, 0.25) is 5.02 Å². The van der Waals surface area contributed by atoms with Crippen molar-refractivity contribution in [3.8, 4) is 0 Å². The first kappa shape index (κ1) is 13.5. The summed E-state index contributed by atoms with van der Waals surface area (Å²) in [6.07, 6.45) is 5.58. The van der Waals surface area contributed by atoms with Gasteiger partial charge in [-0.1, -0.05) is 11.6 Å². The van der Waals surface area contributed by atoms with Gasteiger partial charge in [-0.05, 0) is 36.4 Å². The van der Waals surface area contributed by atoms with E-state index in [9.17, 15) is 0 Å². The Hall–Kier alpha value is -2.46. The van der Waals surface area contributed by atoms with Gasteiger partial charge in [0.1, 0.15) is 11.5 Å². The molecule has 2 aromatic rings. The summed E-state index contributed by atoms with van der Waals surface area (Å²) >= 11 is 5.86. The number of nitrogens with zero attached hydrogens (tertiary/aromatic N) is 1. The summed E-state index contributed by atoms with van der Waals surface area (Å²) in [6.45, 7) is 0. The fourth-order valence-corrected chi connectivity index (χ4v) is 2.13. The van der Waals surface area contributed by atoms with Crippen molar-refractivity contribution in [1.29, 1.82) is 0 Å². The van der Waals surface area contributed by atoms with Crippen molar-refractivity contribution >= 4 is 23.0 Å². The Morgan fingerprint density at radius 1 is 1.24 bits per heavy atom. The van der Waals surface area contributed by atoms with Crippen molar-refractivity contribution in [1.82, 2.24) is 4.98 Å². The second-order valence-electron chi connectivity index (χ2n) is 4.47. The third kappa shape index (κ3) is 3.01. The molecule has 0 radical (unpaired) electrons. The molecule has 4 nitrogen and oxygen atoms in total. The molecular formula is C16H14ClN3O. The Morgan fingerprint density at radius 3 is 2.71 bits per heavy atom. The van der Waals surface area contributed by atoms with Crippen LogP contribution in [0.25, 0.3) is 0 Å². The lowest BCUT2D eigenvalue weighted by Crippen LogP contribution is -1.93. The topological polar surface area (TPSA) is 49.4 Å². The maximum absolute atomic E-state index is 5.86. The number of anilines is 1. The van der Waals surface area contributed by atoms with Gasteiger partial charge in [-0.15, -0.1) is 0 Å². The zero-order valence-electron chi connectivity index (χ0n) is 11.4. The van der Waals surface area contributed by atoms with E-state index in [0.29, 0.717) is 5.02 Å². The van der Waals surface area contributed by atoms with E-state index in [0.717, 1.165) is 28.5 Å². The fraction of sp³-hybridized carbons (Fsp3) is 0.0625. The van der Waals surface area contributed by atoms with Gasteiger partial charge in [-0.25, -0.2) is 4.99 Å². The minimum atomic E-state index is 0.707. The van der Waals surface area contributed by atoms with Gasteiger partial charge < -0.3 is 15.0 Å². The number of halogens is 1. The molecule has 0 bridgehead atoms. The average molecular weight is 300 g/mol. The summed E-state index contributed by atoms with van der Waals surface area (Å²) < 4.78 is 5.36. The summed E-state index contributed by atoms with van der Waals surface area (Å²) in [5.74, 6) is 0.723. The first-order valence-electron chi connectivity index (χ1n) is 6.47. The second kappa shape index (κ2) is 5.89. The second-order valence-corrected chi connectivity index (χ2v) is 4.91. The number of methoxy groups -OCH3 is 1. The number of allylic oxidation sites excluding steroid dienone is 1. The zero-order chi connectivity index (χ0) is 14.7. The molecule has 5 heteroatoms. The van der Waals surface area contributed by atoms with Crippen LogP contribution in [0.5, 0.6) is 0 Å². The highest BCUT2D eigenvalue weighted by atomic mass is 35.5. The average Bonchev–Trinajstić information content (AvgIpc) is 3.15. The molecule has 0 saturated carbocycles. The van der Waals surface area contributed by atoms with Crippen LogP contribution in [0.1, 0.15) is 5.69 Å². The Balaban J connectivity index is 1.82. The van der Waals surface area contributed by atoms with E-state index in [1.165, 1.54) is 0 Å². The minimum Gasteiger partial charge on any atom is -0.494 e. The van der Waals surface area contributed by atoms with E-state index in [1.54, 1.807) is 7.11 Å². The normalized spacial score (nSPS) is 15.8. The van der Waals surface area contributed by atoms with E-state index in [4.69, 9.17) is 16.3 Å². The van der Waals surface area contributed by atoms with Crippen LogP contribution in [-0.2, 0) is 4.74 Å². The van der Waals surface area contributed by atoms with Gasteiger partial charge in [0.25, 0.3) is 0 Å². The summed E-state index contributed by atoms with van der Waals surface area (Å²) in [7, 11) is 1.63. The highest BCUT2D eigenvalue weighted by Crippen LogP contribution is 2.22. The maximum atomic E-state index is 5.86. The number of hydrogen-bond donors (Lipinski definition) is 2. The first-order chi connectivity index (χ1) is 10.3. The first-order valence-corrected chi connectivity index (χ1v) is 6.85. The summed E-state index contributed by atoms with van der Waals surface area (Å²) in [6, 6.07) is 11.4. The predicted molar refractivity (Wildman–Crippen MR) is 85.6 cm³/mol. The Kier molecular flexibility index (Phi) is 3.79. The van der Waals surface area contributed by atoms with Crippen LogP contribution in [0.15, 0.2) is 71.3 Å². The van der Waals surface area contributed by atoms with Crippen LogP contribution in [0.3, 0.4) is 0 Å². The fourth-order valence-electron chi connectivity index (χ4n) is 2.01. The van der Waals surface area contributed by atoms with E-state index in [2.05, 4.69) is 15.3 Å². The van der Waals surface area contributed by atoms with Crippen molar-refractivity contribution in [3.05, 3.63) is 77.0 Å². The largest absolute Gasteiger partial charge is 0.494 e. The third-order valence-corrected chi connectivity index (χ3v) is 3.33. The molecule has 0 saturated heterocycles. The van der Waals surface area contributed by atoms with Gasteiger partial charge >= 0.3 is 0 Å². The molecule has 2 heterocycles. The third-order valence-electron chi connectivity index (χ3n) is 3.07. The number of aromatic amines is 1. The highest BCUT2D eigenvalue weighted by molar-refractivity contribution is 6.30. The zero-order valence-corrected chi connectivity index (χ0v) is 12.2. The molecule has 0 aliphatic carbocycles. The Morgan fingerprint density at radius 2 is 2.05 bits per heavy atom. The molecule has 0 atom stereocenters. The van der Waals surface area contributed by atoms with Crippen molar-refractivity contribution in [2.45, 2.75) is 0 Å². The molecular weight excluding hydrogens is 286 g/mol. The maximum Gasteiger partial charge on any atom is 0.148 e. The Labute approximate surface area is 127 Å². The van der Waals surface area contributed by atoms with E-state index in [1.807, 2.05) is 54.9 Å². The number of nitrogens with one attached hydrogen (secondary N) is 2. The van der Waals surface area contributed by atoms with Gasteiger partial charge in [0.15, 0.2) is 0 Å². The van der Waals surface area contributed by atoms with Gasteiger partial charge in [-0.3, -0.25) is 0 Å². The van der Waals surface area contributed by atoms with E-state index >= 15 is 0 Å². The summed E-state index contributed by atoms with van der Waals surface area (Å²) in [5, 5.41) is 3.89. The molecule has 106 valence electrons. The molecule has 1 aromatic heterocycles. The van der Waals surface area contributed by atoms with Crippen LogP contribution in [0.4, 0.5) is 5.69 Å². The van der Waals surface area contributed by atoms with Crippen molar-refractivity contribution in [2.75, 3.05) is 12.4 Å². The lowest BCUT2D eigenvalue weighted by molar-refractivity contribution is 0.302. The highest BCUT2D eigenvalue weighted by Gasteiger charge is 2.16. The van der Waals surface area contributed by atoms with E-state index < -0.39 is 0 Å². The molecule has 3 rings (SSSR count). The molecule has 1 aromatic carbocycles. The standard InChI is InChI=1S/C16H14ClN3O/c1-21-16-9-14(13-3-2-8-18-13)20-15(16)10-19-12-6-4-11(17)5-7-12/h2-10,18-19H,1H3/b15-10-. The van der Waals surface area contributed by atoms with Crippen LogP contribution in [-0.4, -0.2) is 17.8 Å². The van der Waals surface area contributed by atoms with Crippen LogP contribution >= 0.6 is 11.6 Å². The minimum absolute atomic E-state index is 0.707. The quantitative estimate of drug-likeness (QED) is 0.898. The number of benzene rings is 1. The molecule has 21 heavy (non-hydrogen) atoms. The molecule has 0 unspecified atom stereocenters. The monoisotopic (exact) mass is 299 g/mol. The number of aliphatic imine (C=N–C) groups is 1. The van der Waals surface area contributed by atoms with Gasteiger partial charge in [0.05, 0.1) is 18.5 Å².